The van der Waals surface area contributed by atoms with Crippen LogP contribution in [0.15, 0.2) is 40.8 Å². The van der Waals surface area contributed by atoms with Crippen molar-refractivity contribution in [1.82, 2.24) is 4.90 Å². The van der Waals surface area contributed by atoms with Crippen molar-refractivity contribution < 1.29 is 13.9 Å². The maximum atomic E-state index is 12.3. The molecule has 1 aliphatic heterocycles. The fraction of sp³-hybridized carbons (Fsp3) is 0.353. The average Bonchev–Trinajstić information content (AvgIpc) is 2.98. The smallest absolute Gasteiger partial charge is 0.242 e. The predicted octanol–water partition coefficient (Wildman–Crippen LogP) is 2.23. The molecule has 0 fully saturated rings. The number of benzene rings is 1. The lowest BCUT2D eigenvalue weighted by atomic mass is 10.1. The van der Waals surface area contributed by atoms with E-state index in [4.69, 9.17) is 14.9 Å². The van der Waals surface area contributed by atoms with Crippen molar-refractivity contribution in [3.05, 3.63) is 47.7 Å². The van der Waals surface area contributed by atoms with Crippen LogP contribution in [-0.4, -0.2) is 37.1 Å². The molecule has 1 aromatic carbocycles. The first-order chi connectivity index (χ1) is 10.7. The highest BCUT2D eigenvalue weighted by Crippen LogP contribution is 2.29. The van der Waals surface area contributed by atoms with E-state index in [1.165, 1.54) is 5.56 Å². The number of amides is 1. The van der Waals surface area contributed by atoms with Crippen molar-refractivity contribution in [2.24, 2.45) is 5.73 Å². The lowest BCUT2D eigenvalue weighted by molar-refractivity contribution is -0.135. The van der Waals surface area contributed by atoms with Gasteiger partial charge >= 0.3 is 0 Å². The first-order valence-electron chi connectivity index (χ1n) is 7.39. The molecule has 23 heavy (non-hydrogen) atoms. The Morgan fingerprint density at radius 2 is 2.13 bits per heavy atom. The van der Waals surface area contributed by atoms with E-state index >= 15 is 0 Å². The third-order valence-corrected chi connectivity index (χ3v) is 3.92. The Morgan fingerprint density at radius 1 is 1.39 bits per heavy atom. The second-order valence-corrected chi connectivity index (χ2v) is 5.50. The Hall–Kier alpha value is -1.82. The number of ether oxygens (including phenoxy) is 1. The molecule has 5 nitrogen and oxygen atoms in total. The molecule has 3 rings (SSSR count). The molecule has 0 spiro atoms. The van der Waals surface area contributed by atoms with Crippen LogP contribution in [0.2, 0.25) is 0 Å². The first-order valence-corrected chi connectivity index (χ1v) is 7.39. The molecule has 2 aromatic rings. The van der Waals surface area contributed by atoms with E-state index in [2.05, 4.69) is 6.07 Å². The number of nitrogens with zero attached hydrogens (tertiary/aromatic N) is 1. The zero-order chi connectivity index (χ0) is 15.5. The highest BCUT2D eigenvalue weighted by atomic mass is 35.5. The van der Waals surface area contributed by atoms with Gasteiger partial charge in [0.05, 0.1) is 13.2 Å². The second-order valence-electron chi connectivity index (χ2n) is 5.50. The maximum Gasteiger partial charge on any atom is 0.242 e. The molecule has 1 atom stereocenters. The highest BCUT2D eigenvalue weighted by molar-refractivity contribution is 5.85. The topological polar surface area (TPSA) is 68.7 Å². The molecule has 1 unspecified atom stereocenters. The van der Waals surface area contributed by atoms with Gasteiger partial charge in [0.25, 0.3) is 0 Å². The molecule has 2 heterocycles. The largest absolute Gasteiger partial charge is 0.459 e. The van der Waals surface area contributed by atoms with Gasteiger partial charge in [-0.1, -0.05) is 30.3 Å². The molecule has 2 N–H and O–H groups in total. The minimum Gasteiger partial charge on any atom is -0.459 e. The number of rotatable bonds is 4. The SMILES string of the molecule is COCC(N)C(=O)N1CCc2cc(-c3ccccc3)oc2C1.Cl. The van der Waals surface area contributed by atoms with Gasteiger partial charge < -0.3 is 19.8 Å². The van der Waals surface area contributed by atoms with Gasteiger partial charge in [0.2, 0.25) is 5.91 Å². The molecule has 1 amide bonds. The summed E-state index contributed by atoms with van der Waals surface area (Å²) in [7, 11) is 1.54. The summed E-state index contributed by atoms with van der Waals surface area (Å²) in [5.74, 6) is 1.61. The molecule has 0 saturated carbocycles. The lowest BCUT2D eigenvalue weighted by Gasteiger charge is -2.28. The van der Waals surface area contributed by atoms with Crippen molar-refractivity contribution in [3.8, 4) is 11.3 Å². The van der Waals surface area contributed by atoms with Crippen LogP contribution in [0.25, 0.3) is 11.3 Å². The van der Waals surface area contributed by atoms with Crippen molar-refractivity contribution in [2.45, 2.75) is 19.0 Å². The number of hydrogen-bond acceptors (Lipinski definition) is 4. The number of halogens is 1. The highest BCUT2D eigenvalue weighted by Gasteiger charge is 2.27. The zero-order valence-corrected chi connectivity index (χ0v) is 13.8. The van der Waals surface area contributed by atoms with Crippen LogP contribution < -0.4 is 5.73 Å². The summed E-state index contributed by atoms with van der Waals surface area (Å²) in [6.45, 7) is 1.37. The van der Waals surface area contributed by atoms with Gasteiger partial charge in [-0.25, -0.2) is 0 Å². The Balaban J connectivity index is 0.00000192. The van der Waals surface area contributed by atoms with Gasteiger partial charge in [-0.3, -0.25) is 4.79 Å². The summed E-state index contributed by atoms with van der Waals surface area (Å²) in [4.78, 5) is 14.0. The summed E-state index contributed by atoms with van der Waals surface area (Å²) in [6.07, 6.45) is 0.789. The molecular weight excluding hydrogens is 316 g/mol. The molecule has 0 radical (unpaired) electrons. The molecule has 0 bridgehead atoms. The van der Waals surface area contributed by atoms with Crippen LogP contribution >= 0.6 is 12.4 Å². The number of hydrogen-bond donors (Lipinski definition) is 1. The van der Waals surface area contributed by atoms with Crippen LogP contribution in [0.1, 0.15) is 11.3 Å². The van der Waals surface area contributed by atoms with Gasteiger partial charge in [0.15, 0.2) is 0 Å². The average molecular weight is 337 g/mol. The van der Waals surface area contributed by atoms with Gasteiger partial charge in [-0.05, 0) is 18.1 Å². The fourth-order valence-corrected chi connectivity index (χ4v) is 2.74. The summed E-state index contributed by atoms with van der Waals surface area (Å²) in [5, 5.41) is 0. The number of methoxy groups -OCH3 is 1. The molecule has 1 aromatic heterocycles. The summed E-state index contributed by atoms with van der Waals surface area (Å²) < 4.78 is 10.9. The number of nitrogens with two attached hydrogens (primary N) is 1. The van der Waals surface area contributed by atoms with Gasteiger partial charge in [0.1, 0.15) is 17.6 Å². The van der Waals surface area contributed by atoms with Crippen LogP contribution in [-0.2, 0) is 22.5 Å². The number of fused-ring (bicyclic) bond motifs is 1. The number of carbonyl (C=O) groups excluding carboxylic acids is 1. The van der Waals surface area contributed by atoms with Gasteiger partial charge in [-0.15, -0.1) is 12.4 Å². The standard InChI is InChI=1S/C17H20N2O3.ClH/c1-21-11-14(18)17(20)19-8-7-13-9-15(22-16(13)10-19)12-5-3-2-4-6-12;/h2-6,9,14H,7-8,10-11,18H2,1H3;1H. The molecule has 1 aliphatic rings. The normalized spacial score (nSPS) is 14.8. The molecule has 0 aliphatic carbocycles. The van der Waals surface area contributed by atoms with Crippen molar-refractivity contribution in [3.63, 3.8) is 0 Å². The van der Waals surface area contributed by atoms with Crippen molar-refractivity contribution in [2.75, 3.05) is 20.3 Å². The lowest BCUT2D eigenvalue weighted by Crippen LogP contribution is -2.47. The third-order valence-electron chi connectivity index (χ3n) is 3.92. The Kier molecular flexibility index (Phi) is 5.82. The molecule has 0 saturated heterocycles. The minimum absolute atomic E-state index is 0. The quantitative estimate of drug-likeness (QED) is 0.929. The van der Waals surface area contributed by atoms with E-state index in [-0.39, 0.29) is 24.9 Å². The van der Waals surface area contributed by atoms with E-state index in [1.54, 1.807) is 12.0 Å². The Morgan fingerprint density at radius 3 is 2.83 bits per heavy atom. The van der Waals surface area contributed by atoms with Crippen LogP contribution in [0.3, 0.4) is 0 Å². The predicted molar refractivity (Wildman–Crippen MR) is 90.4 cm³/mol. The van der Waals surface area contributed by atoms with E-state index in [0.29, 0.717) is 13.1 Å². The monoisotopic (exact) mass is 336 g/mol. The fourth-order valence-electron chi connectivity index (χ4n) is 2.74. The van der Waals surface area contributed by atoms with Gasteiger partial charge in [-0.2, -0.15) is 0 Å². The summed E-state index contributed by atoms with van der Waals surface area (Å²) in [6, 6.07) is 11.4. The third kappa shape index (κ3) is 3.75. The maximum absolute atomic E-state index is 12.3. The van der Waals surface area contributed by atoms with Crippen molar-refractivity contribution >= 4 is 18.3 Å². The second kappa shape index (κ2) is 7.64. The summed E-state index contributed by atoms with van der Waals surface area (Å²) in [5.41, 5.74) is 8.04. The van der Waals surface area contributed by atoms with Crippen LogP contribution in [0.5, 0.6) is 0 Å². The molecule has 6 heteroatoms. The number of furan rings is 1. The Bertz CT molecular complexity index is 657. The van der Waals surface area contributed by atoms with Crippen LogP contribution in [0, 0.1) is 0 Å². The zero-order valence-electron chi connectivity index (χ0n) is 13.0. The van der Waals surface area contributed by atoms with E-state index in [9.17, 15) is 4.79 Å². The summed E-state index contributed by atoms with van der Waals surface area (Å²) >= 11 is 0. The van der Waals surface area contributed by atoms with Gasteiger partial charge in [0, 0.05) is 19.2 Å². The van der Waals surface area contributed by atoms with Crippen LogP contribution in [0.4, 0.5) is 0 Å². The Labute approximate surface area is 141 Å². The van der Waals surface area contributed by atoms with E-state index in [1.807, 2.05) is 30.3 Å². The first kappa shape index (κ1) is 17.5. The van der Waals surface area contributed by atoms with E-state index < -0.39 is 6.04 Å². The van der Waals surface area contributed by atoms with Crippen molar-refractivity contribution in [1.29, 1.82) is 0 Å². The molecular formula is C17H21ClN2O3. The molecule has 124 valence electrons. The minimum atomic E-state index is -0.616. The van der Waals surface area contributed by atoms with E-state index in [0.717, 1.165) is 23.5 Å². The number of carbonyl (C=O) groups is 1.